The molecule has 0 amide bonds. The zero-order valence-corrected chi connectivity index (χ0v) is 11.2. The summed E-state index contributed by atoms with van der Waals surface area (Å²) in [6.45, 7) is 0. The van der Waals surface area contributed by atoms with Gasteiger partial charge in [0.15, 0.2) is 5.17 Å². The number of benzene rings is 1. The van der Waals surface area contributed by atoms with Crippen molar-refractivity contribution in [3.8, 4) is 0 Å². The van der Waals surface area contributed by atoms with Crippen LogP contribution in [0.25, 0.3) is 0 Å². The molecule has 0 bridgehead atoms. The van der Waals surface area contributed by atoms with Gasteiger partial charge in [-0.05, 0) is 11.6 Å². The second kappa shape index (κ2) is 7.19. The van der Waals surface area contributed by atoms with Crippen LogP contribution in [0.3, 0.4) is 0 Å². The van der Waals surface area contributed by atoms with Crippen LogP contribution < -0.4 is 11.6 Å². The highest BCUT2D eigenvalue weighted by molar-refractivity contribution is 14.0. The molecule has 0 atom stereocenters. The quantitative estimate of drug-likeness (QED) is 0.285. The second-order valence-electron chi connectivity index (χ2n) is 2.35. The minimum absolute atomic E-state index is 0. The maximum atomic E-state index is 5.93. The number of hydrazone groups is 1. The van der Waals surface area contributed by atoms with Crippen LogP contribution in [0.1, 0.15) is 5.56 Å². The van der Waals surface area contributed by atoms with Gasteiger partial charge in [0.25, 0.3) is 0 Å². The average Bonchev–Trinajstić information content (AvgIpc) is 2.16. The molecule has 0 aromatic heterocycles. The lowest BCUT2D eigenvalue weighted by molar-refractivity contribution is 1.25. The molecule has 0 aliphatic rings. The summed E-state index contributed by atoms with van der Waals surface area (Å²) in [5, 5.41) is 4.44. The topological polar surface area (TPSA) is 64.4 Å². The van der Waals surface area contributed by atoms with Crippen molar-refractivity contribution < 1.29 is 0 Å². The summed E-state index contributed by atoms with van der Waals surface area (Å²) in [5.74, 6) is 5.67. The molecule has 1 rings (SSSR count). The van der Waals surface area contributed by atoms with Crippen molar-refractivity contribution in [1.29, 1.82) is 0 Å². The summed E-state index contributed by atoms with van der Waals surface area (Å²) in [7, 11) is 0. The van der Waals surface area contributed by atoms with Crippen molar-refractivity contribution in [2.24, 2.45) is 16.7 Å². The molecule has 4 N–H and O–H groups in total. The average molecular weight is 344 g/mol. The lowest BCUT2D eigenvalue weighted by Gasteiger charge is -2.01. The Labute approximate surface area is 109 Å². The van der Waals surface area contributed by atoms with Gasteiger partial charge >= 0.3 is 0 Å². The fourth-order valence-electron chi connectivity index (χ4n) is 0.804. The van der Waals surface area contributed by atoms with Crippen LogP contribution in [-0.2, 0) is 5.75 Å². The summed E-state index contributed by atoms with van der Waals surface area (Å²) >= 11 is 7.29. The summed E-state index contributed by atoms with van der Waals surface area (Å²) in [6.07, 6.45) is 0. The first-order valence-corrected chi connectivity index (χ1v) is 5.00. The van der Waals surface area contributed by atoms with Gasteiger partial charge in [0.05, 0.1) is 0 Å². The molecule has 0 aliphatic heterocycles. The number of nitrogens with zero attached hydrogens (tertiary/aromatic N) is 1. The molecule has 0 radical (unpaired) electrons. The fourth-order valence-corrected chi connectivity index (χ4v) is 1.72. The lowest BCUT2D eigenvalue weighted by Crippen LogP contribution is -2.09. The molecule has 0 unspecified atom stereocenters. The van der Waals surface area contributed by atoms with Gasteiger partial charge in [0, 0.05) is 10.8 Å². The van der Waals surface area contributed by atoms with Crippen LogP contribution in [0.15, 0.2) is 29.4 Å². The maximum Gasteiger partial charge on any atom is 0.177 e. The van der Waals surface area contributed by atoms with Crippen molar-refractivity contribution in [3.63, 3.8) is 0 Å². The van der Waals surface area contributed by atoms with E-state index in [1.54, 1.807) is 0 Å². The normalized spacial score (nSPS) is 10.8. The SMILES string of the molecule is I.N/N=C(\N)SCc1ccccc1Cl. The number of amidine groups is 1. The summed E-state index contributed by atoms with van der Waals surface area (Å²) in [5.41, 5.74) is 6.44. The molecule has 1 aromatic carbocycles. The minimum Gasteiger partial charge on any atom is -0.377 e. The molecule has 78 valence electrons. The third-order valence-corrected chi connectivity index (χ3v) is 2.69. The van der Waals surface area contributed by atoms with Crippen molar-refractivity contribution in [2.75, 3.05) is 0 Å². The van der Waals surface area contributed by atoms with E-state index in [1.807, 2.05) is 24.3 Å². The lowest BCUT2D eigenvalue weighted by atomic mass is 10.2. The van der Waals surface area contributed by atoms with Gasteiger partial charge in [-0.15, -0.1) is 24.0 Å². The Balaban J connectivity index is 0.00000169. The van der Waals surface area contributed by atoms with Gasteiger partial charge in [0.2, 0.25) is 0 Å². The number of rotatable bonds is 2. The van der Waals surface area contributed by atoms with Gasteiger partial charge < -0.3 is 11.6 Å². The molecular formula is C8H11ClIN3S. The fraction of sp³-hybridized carbons (Fsp3) is 0.125. The Kier molecular flexibility index (Phi) is 7.12. The summed E-state index contributed by atoms with van der Waals surface area (Å²) in [4.78, 5) is 0. The van der Waals surface area contributed by atoms with E-state index in [2.05, 4.69) is 5.10 Å². The molecular weight excluding hydrogens is 333 g/mol. The molecule has 6 heteroatoms. The van der Waals surface area contributed by atoms with Gasteiger partial charge in [-0.25, -0.2) is 0 Å². The molecule has 3 nitrogen and oxygen atoms in total. The third kappa shape index (κ3) is 4.39. The molecule has 0 saturated carbocycles. The Morgan fingerprint density at radius 2 is 2.07 bits per heavy atom. The van der Waals surface area contributed by atoms with E-state index in [0.717, 1.165) is 10.6 Å². The van der Waals surface area contributed by atoms with E-state index in [0.29, 0.717) is 10.9 Å². The van der Waals surface area contributed by atoms with E-state index >= 15 is 0 Å². The van der Waals surface area contributed by atoms with Gasteiger partial charge in [-0.1, -0.05) is 41.6 Å². The first-order chi connectivity index (χ1) is 6.24. The Morgan fingerprint density at radius 1 is 1.43 bits per heavy atom. The van der Waals surface area contributed by atoms with Crippen molar-refractivity contribution in [2.45, 2.75) is 5.75 Å². The largest absolute Gasteiger partial charge is 0.377 e. The van der Waals surface area contributed by atoms with E-state index in [1.165, 1.54) is 11.8 Å². The van der Waals surface area contributed by atoms with Crippen LogP contribution in [-0.4, -0.2) is 5.17 Å². The summed E-state index contributed by atoms with van der Waals surface area (Å²) < 4.78 is 0. The molecule has 14 heavy (non-hydrogen) atoms. The zero-order chi connectivity index (χ0) is 9.68. The number of halogens is 2. The summed E-state index contributed by atoms with van der Waals surface area (Å²) in [6, 6.07) is 7.60. The minimum atomic E-state index is 0. The highest BCUT2D eigenvalue weighted by Gasteiger charge is 2.00. The third-order valence-electron chi connectivity index (χ3n) is 1.46. The van der Waals surface area contributed by atoms with Crippen LogP contribution in [0.4, 0.5) is 0 Å². The van der Waals surface area contributed by atoms with Gasteiger partial charge in [0.1, 0.15) is 0 Å². The number of hydrogen-bond acceptors (Lipinski definition) is 3. The first-order valence-electron chi connectivity index (χ1n) is 3.63. The van der Waals surface area contributed by atoms with Crippen molar-refractivity contribution >= 4 is 52.5 Å². The van der Waals surface area contributed by atoms with Crippen LogP contribution in [0.2, 0.25) is 5.02 Å². The van der Waals surface area contributed by atoms with Gasteiger partial charge in [-0.3, -0.25) is 0 Å². The Bertz CT molecular complexity index is 319. The predicted molar refractivity (Wildman–Crippen MR) is 74.0 cm³/mol. The predicted octanol–water partition coefficient (Wildman–Crippen LogP) is 2.38. The van der Waals surface area contributed by atoms with Crippen molar-refractivity contribution in [3.05, 3.63) is 34.9 Å². The Morgan fingerprint density at radius 3 is 2.64 bits per heavy atom. The highest BCUT2D eigenvalue weighted by Crippen LogP contribution is 2.20. The molecule has 0 fully saturated rings. The highest BCUT2D eigenvalue weighted by atomic mass is 127. The first kappa shape index (κ1) is 13.9. The molecule has 0 aliphatic carbocycles. The Hall–Kier alpha value is -0.140. The number of hydrogen-bond donors (Lipinski definition) is 2. The maximum absolute atomic E-state index is 5.93. The standard InChI is InChI=1S/C8H10ClN3S.HI/c9-7-4-2-1-3-6(7)5-13-8(10)12-11;/h1-4H,5,11H2,(H2,10,12);1H. The smallest absolute Gasteiger partial charge is 0.177 e. The van der Waals surface area contributed by atoms with E-state index in [9.17, 15) is 0 Å². The monoisotopic (exact) mass is 343 g/mol. The van der Waals surface area contributed by atoms with Crippen LogP contribution in [0, 0.1) is 0 Å². The van der Waals surface area contributed by atoms with Crippen molar-refractivity contribution in [1.82, 2.24) is 0 Å². The molecule has 0 saturated heterocycles. The molecule has 0 spiro atoms. The molecule has 1 aromatic rings. The molecule has 0 heterocycles. The second-order valence-corrected chi connectivity index (χ2v) is 3.75. The van der Waals surface area contributed by atoms with Crippen LogP contribution in [0.5, 0.6) is 0 Å². The van der Waals surface area contributed by atoms with E-state index in [-0.39, 0.29) is 24.0 Å². The number of thioether (sulfide) groups is 1. The number of nitrogens with two attached hydrogens (primary N) is 2. The van der Waals surface area contributed by atoms with E-state index in [4.69, 9.17) is 23.2 Å². The zero-order valence-electron chi connectivity index (χ0n) is 7.31. The van der Waals surface area contributed by atoms with Gasteiger partial charge in [-0.2, -0.15) is 5.10 Å². The van der Waals surface area contributed by atoms with E-state index < -0.39 is 0 Å². The van der Waals surface area contributed by atoms with Crippen LogP contribution >= 0.6 is 47.3 Å².